The normalized spacial score (nSPS) is 9.47. The van der Waals surface area contributed by atoms with E-state index in [4.69, 9.17) is 0 Å². The molecule has 0 aliphatic carbocycles. The first-order valence-corrected chi connectivity index (χ1v) is 4.62. The summed E-state index contributed by atoms with van der Waals surface area (Å²) in [5.74, 6) is 0. The zero-order valence-electron chi connectivity index (χ0n) is 8.67. The van der Waals surface area contributed by atoms with Gasteiger partial charge in [0, 0.05) is 33.5 Å². The number of pyridine rings is 2. The summed E-state index contributed by atoms with van der Waals surface area (Å²) in [7, 11) is 0. The van der Waals surface area contributed by atoms with Crippen molar-refractivity contribution in [2.45, 2.75) is 13.8 Å². The van der Waals surface area contributed by atoms with Crippen LogP contribution in [0.3, 0.4) is 0 Å². The average Bonchev–Trinajstić information content (AvgIpc) is 2.23. The summed E-state index contributed by atoms with van der Waals surface area (Å²) in [6.07, 6.45) is 3.62. The van der Waals surface area contributed by atoms with E-state index in [0.717, 1.165) is 11.4 Å². The Kier molecular flexibility index (Phi) is 4.16. The van der Waals surface area contributed by atoms with Gasteiger partial charge in [0.05, 0.1) is 11.4 Å². The summed E-state index contributed by atoms with van der Waals surface area (Å²) >= 11 is 0. The van der Waals surface area contributed by atoms with E-state index in [1.807, 2.05) is 30.5 Å². The third-order valence-electron chi connectivity index (χ3n) is 2.38. The molecular weight excluding hydrogens is 367 g/mol. The van der Waals surface area contributed by atoms with E-state index in [1.165, 1.54) is 11.1 Å². The Morgan fingerprint density at radius 1 is 0.933 bits per heavy atom. The van der Waals surface area contributed by atoms with Crippen molar-refractivity contribution in [3.8, 4) is 11.4 Å². The predicted octanol–water partition coefficient (Wildman–Crippen LogP) is 2.76. The van der Waals surface area contributed by atoms with E-state index in [1.54, 1.807) is 6.20 Å². The van der Waals surface area contributed by atoms with Gasteiger partial charge in [-0.1, -0.05) is 6.07 Å². The molecule has 0 atom stereocenters. The molecule has 2 heterocycles. The van der Waals surface area contributed by atoms with Gasteiger partial charge in [0.2, 0.25) is 0 Å². The first kappa shape index (κ1) is 12.1. The molecule has 2 nitrogen and oxygen atoms in total. The van der Waals surface area contributed by atoms with Crippen LogP contribution in [0.1, 0.15) is 11.1 Å². The van der Waals surface area contributed by atoms with Crippen molar-refractivity contribution < 1.29 is 21.1 Å². The Morgan fingerprint density at radius 2 is 1.73 bits per heavy atom. The van der Waals surface area contributed by atoms with E-state index < -0.39 is 0 Å². The van der Waals surface area contributed by atoms with Crippen LogP contribution in [-0.2, 0) is 21.1 Å². The van der Waals surface area contributed by atoms with Crippen LogP contribution < -0.4 is 0 Å². The molecule has 0 saturated heterocycles. The topological polar surface area (TPSA) is 25.8 Å². The fraction of sp³-hybridized carbons (Fsp3) is 0.167. The van der Waals surface area contributed by atoms with Gasteiger partial charge in [-0.15, -0.1) is 0 Å². The van der Waals surface area contributed by atoms with Crippen LogP contribution in [0.4, 0.5) is 0 Å². The van der Waals surface area contributed by atoms with Crippen LogP contribution in [0.15, 0.2) is 36.7 Å². The molecule has 80 valence electrons. The molecule has 0 spiro atoms. The van der Waals surface area contributed by atoms with Crippen LogP contribution in [0.5, 0.6) is 0 Å². The Hall–Kier alpha value is -1.01. The number of hydrogen-bond donors (Lipinski definition) is 0. The molecule has 0 amide bonds. The van der Waals surface area contributed by atoms with Gasteiger partial charge in [-0.25, -0.2) is 0 Å². The molecule has 0 N–H and O–H groups in total. The van der Waals surface area contributed by atoms with Crippen molar-refractivity contribution in [1.82, 2.24) is 9.97 Å². The van der Waals surface area contributed by atoms with Gasteiger partial charge in [-0.2, -0.15) is 0 Å². The van der Waals surface area contributed by atoms with E-state index in [-0.39, 0.29) is 21.1 Å². The summed E-state index contributed by atoms with van der Waals surface area (Å²) in [6.45, 7) is 4.16. The molecule has 0 unspecified atom stereocenters. The zero-order chi connectivity index (χ0) is 9.97. The molecule has 0 bridgehead atoms. The van der Waals surface area contributed by atoms with Crippen LogP contribution in [0.2, 0.25) is 0 Å². The molecule has 0 fully saturated rings. The molecule has 3 heteroatoms. The number of aromatic nitrogens is 2. The van der Waals surface area contributed by atoms with Gasteiger partial charge in [-0.3, -0.25) is 9.97 Å². The average molecular weight is 379 g/mol. The standard InChI is InChI=1S/C12H12N2.Pt/c1-9-6-8-14-12(10(9)2)11-5-3-4-7-13-11;/h3-8H,1-2H3;. The smallest absolute Gasteiger partial charge is 0.0917 e. The van der Waals surface area contributed by atoms with Crippen molar-refractivity contribution >= 4 is 0 Å². The largest absolute Gasteiger partial charge is 0.255 e. The van der Waals surface area contributed by atoms with Crippen LogP contribution in [0.25, 0.3) is 11.4 Å². The number of aryl methyl sites for hydroxylation is 1. The second-order valence-corrected chi connectivity index (χ2v) is 3.32. The first-order chi connectivity index (χ1) is 6.79. The number of hydrogen-bond acceptors (Lipinski definition) is 2. The van der Waals surface area contributed by atoms with Gasteiger partial charge in [0.25, 0.3) is 0 Å². The summed E-state index contributed by atoms with van der Waals surface area (Å²) in [5.41, 5.74) is 4.37. The summed E-state index contributed by atoms with van der Waals surface area (Å²) < 4.78 is 0. The quantitative estimate of drug-likeness (QED) is 0.762. The maximum Gasteiger partial charge on any atom is 0.0917 e. The predicted molar refractivity (Wildman–Crippen MR) is 56.9 cm³/mol. The van der Waals surface area contributed by atoms with Gasteiger partial charge in [0.15, 0.2) is 0 Å². The summed E-state index contributed by atoms with van der Waals surface area (Å²) in [5, 5.41) is 0. The van der Waals surface area contributed by atoms with E-state index in [9.17, 15) is 0 Å². The van der Waals surface area contributed by atoms with E-state index in [2.05, 4.69) is 23.8 Å². The van der Waals surface area contributed by atoms with Crippen molar-refractivity contribution in [2.24, 2.45) is 0 Å². The minimum atomic E-state index is 0. The van der Waals surface area contributed by atoms with Crippen molar-refractivity contribution in [2.75, 3.05) is 0 Å². The Balaban J connectivity index is 0.00000112. The summed E-state index contributed by atoms with van der Waals surface area (Å²) in [4.78, 5) is 8.64. The van der Waals surface area contributed by atoms with Crippen molar-refractivity contribution in [3.05, 3.63) is 47.8 Å². The Labute approximate surface area is 104 Å². The third-order valence-corrected chi connectivity index (χ3v) is 2.38. The maximum absolute atomic E-state index is 4.35. The number of nitrogens with zero attached hydrogens (tertiary/aromatic N) is 2. The molecule has 2 aromatic heterocycles. The fourth-order valence-corrected chi connectivity index (χ4v) is 1.39. The second kappa shape index (κ2) is 5.18. The summed E-state index contributed by atoms with van der Waals surface area (Å²) in [6, 6.07) is 7.89. The van der Waals surface area contributed by atoms with Gasteiger partial charge in [0.1, 0.15) is 0 Å². The van der Waals surface area contributed by atoms with Gasteiger partial charge < -0.3 is 0 Å². The molecule has 0 aromatic carbocycles. The van der Waals surface area contributed by atoms with Crippen LogP contribution in [0, 0.1) is 13.8 Å². The fourth-order valence-electron chi connectivity index (χ4n) is 1.39. The van der Waals surface area contributed by atoms with Crippen molar-refractivity contribution in [3.63, 3.8) is 0 Å². The van der Waals surface area contributed by atoms with Crippen molar-refractivity contribution in [1.29, 1.82) is 0 Å². The molecule has 0 radical (unpaired) electrons. The first-order valence-electron chi connectivity index (χ1n) is 4.62. The zero-order valence-corrected chi connectivity index (χ0v) is 10.9. The molecule has 0 aliphatic rings. The molecule has 15 heavy (non-hydrogen) atoms. The Morgan fingerprint density at radius 3 is 2.40 bits per heavy atom. The number of rotatable bonds is 1. The molecule has 0 saturated carbocycles. The van der Waals surface area contributed by atoms with Crippen LogP contribution >= 0.6 is 0 Å². The Bertz CT molecular complexity index is 441. The monoisotopic (exact) mass is 379 g/mol. The molecule has 0 aliphatic heterocycles. The molecule has 2 rings (SSSR count). The van der Waals surface area contributed by atoms with Gasteiger partial charge in [-0.05, 0) is 43.2 Å². The minimum absolute atomic E-state index is 0. The maximum atomic E-state index is 4.35. The SMILES string of the molecule is Cc1ccnc(-c2ccccn2)c1C.[Pt]. The van der Waals surface area contributed by atoms with E-state index in [0.29, 0.717) is 0 Å². The third kappa shape index (κ3) is 2.51. The molecular formula is C12H12N2Pt. The minimum Gasteiger partial charge on any atom is -0.255 e. The second-order valence-electron chi connectivity index (χ2n) is 3.32. The van der Waals surface area contributed by atoms with Gasteiger partial charge >= 0.3 is 0 Å². The van der Waals surface area contributed by atoms with E-state index >= 15 is 0 Å². The molecule has 2 aromatic rings. The van der Waals surface area contributed by atoms with Crippen LogP contribution in [-0.4, -0.2) is 9.97 Å².